The fourth-order valence-corrected chi connectivity index (χ4v) is 2.95. The molecule has 0 aliphatic heterocycles. The van der Waals surface area contributed by atoms with Crippen molar-refractivity contribution >= 4 is 28.2 Å². The summed E-state index contributed by atoms with van der Waals surface area (Å²) < 4.78 is 10.6. The number of ether oxygens (including phenoxy) is 2. The topological polar surface area (TPSA) is 60.5 Å². The molecule has 0 unspecified atom stereocenters. The van der Waals surface area contributed by atoms with E-state index in [1.165, 1.54) is 0 Å². The zero-order valence-electron chi connectivity index (χ0n) is 15.2. The first-order valence-electron chi connectivity index (χ1n) is 8.67. The molecular formula is C21H22N2O3. The Balaban J connectivity index is 2.21. The van der Waals surface area contributed by atoms with E-state index in [-0.39, 0.29) is 0 Å². The Hall–Kier alpha value is -3.08. The van der Waals surface area contributed by atoms with Gasteiger partial charge < -0.3 is 14.8 Å². The maximum absolute atomic E-state index is 12.5. The molecule has 0 spiro atoms. The summed E-state index contributed by atoms with van der Waals surface area (Å²) in [6, 6.07) is 13.6. The number of hydrogen-bond donors (Lipinski definition) is 1. The number of aromatic nitrogens is 1. The van der Waals surface area contributed by atoms with Crippen molar-refractivity contribution in [2.45, 2.75) is 20.3 Å². The standard InChI is InChI=1S/C21H22N2O3/c1-4-14-9-8-10-15-19(14)22-13-16(21(24)26-5-2)20(15)23-17-11-6-7-12-18(17)25-3/h6-13H,4-5H2,1-3H3,(H,22,23). The van der Waals surface area contributed by atoms with Crippen molar-refractivity contribution in [3.05, 3.63) is 59.8 Å². The first-order valence-corrected chi connectivity index (χ1v) is 8.67. The number of carbonyl (C=O) groups is 1. The summed E-state index contributed by atoms with van der Waals surface area (Å²) >= 11 is 0. The van der Waals surface area contributed by atoms with E-state index in [1.807, 2.05) is 42.5 Å². The van der Waals surface area contributed by atoms with Gasteiger partial charge in [0.25, 0.3) is 0 Å². The zero-order chi connectivity index (χ0) is 18.5. The molecule has 0 aliphatic rings. The number of nitrogens with one attached hydrogen (secondary N) is 1. The number of nitrogens with zero attached hydrogens (tertiary/aromatic N) is 1. The number of aryl methyl sites for hydroxylation is 1. The molecule has 1 aromatic heterocycles. The Morgan fingerprint density at radius 3 is 2.65 bits per heavy atom. The average molecular weight is 350 g/mol. The number of para-hydroxylation sites is 3. The molecule has 0 radical (unpaired) electrons. The number of rotatable bonds is 6. The lowest BCUT2D eigenvalue weighted by Gasteiger charge is -2.17. The van der Waals surface area contributed by atoms with Gasteiger partial charge in [-0.3, -0.25) is 4.98 Å². The molecule has 5 nitrogen and oxygen atoms in total. The fraction of sp³-hybridized carbons (Fsp3) is 0.238. The van der Waals surface area contributed by atoms with Gasteiger partial charge in [-0.1, -0.05) is 37.3 Å². The fourth-order valence-electron chi connectivity index (χ4n) is 2.95. The minimum absolute atomic E-state index is 0.306. The number of benzene rings is 2. The smallest absolute Gasteiger partial charge is 0.341 e. The van der Waals surface area contributed by atoms with Gasteiger partial charge in [-0.15, -0.1) is 0 Å². The minimum atomic E-state index is -0.402. The molecular weight excluding hydrogens is 328 g/mol. The maximum atomic E-state index is 12.5. The van der Waals surface area contributed by atoms with Crippen LogP contribution in [0.3, 0.4) is 0 Å². The number of carbonyl (C=O) groups excluding carboxylic acids is 1. The summed E-state index contributed by atoms with van der Waals surface area (Å²) in [5.74, 6) is 0.292. The molecule has 0 saturated carbocycles. The van der Waals surface area contributed by atoms with Crippen LogP contribution in [0.1, 0.15) is 29.8 Å². The van der Waals surface area contributed by atoms with Crippen molar-refractivity contribution < 1.29 is 14.3 Å². The predicted octanol–water partition coefficient (Wildman–Crippen LogP) is 4.73. The van der Waals surface area contributed by atoms with Crippen molar-refractivity contribution in [1.82, 2.24) is 4.98 Å². The van der Waals surface area contributed by atoms with E-state index in [2.05, 4.69) is 17.2 Å². The van der Waals surface area contributed by atoms with Gasteiger partial charge in [0.2, 0.25) is 0 Å². The lowest BCUT2D eigenvalue weighted by Crippen LogP contribution is -2.10. The molecule has 134 valence electrons. The molecule has 3 rings (SSSR count). The molecule has 0 aliphatic carbocycles. The summed E-state index contributed by atoms with van der Waals surface area (Å²) in [6.07, 6.45) is 2.44. The van der Waals surface area contributed by atoms with Gasteiger partial charge in [-0.2, -0.15) is 0 Å². The van der Waals surface area contributed by atoms with E-state index >= 15 is 0 Å². The second kappa shape index (κ2) is 7.87. The van der Waals surface area contributed by atoms with Crippen molar-refractivity contribution in [3.8, 4) is 5.75 Å². The number of fused-ring (bicyclic) bond motifs is 1. The van der Waals surface area contributed by atoms with Gasteiger partial charge in [0.1, 0.15) is 11.3 Å². The van der Waals surface area contributed by atoms with E-state index < -0.39 is 5.97 Å². The molecule has 0 fully saturated rings. The highest BCUT2D eigenvalue weighted by Gasteiger charge is 2.18. The van der Waals surface area contributed by atoms with Crippen molar-refractivity contribution in [1.29, 1.82) is 0 Å². The summed E-state index contributed by atoms with van der Waals surface area (Å²) in [5, 5.41) is 4.24. The van der Waals surface area contributed by atoms with Gasteiger partial charge in [0.15, 0.2) is 0 Å². The Labute approximate surface area is 153 Å². The van der Waals surface area contributed by atoms with Crippen molar-refractivity contribution in [3.63, 3.8) is 0 Å². The average Bonchev–Trinajstić information content (AvgIpc) is 2.68. The van der Waals surface area contributed by atoms with Crippen LogP contribution in [0.15, 0.2) is 48.7 Å². The molecule has 5 heteroatoms. The van der Waals surface area contributed by atoms with E-state index in [0.717, 1.165) is 28.6 Å². The first-order chi connectivity index (χ1) is 12.7. The Morgan fingerprint density at radius 2 is 1.92 bits per heavy atom. The molecule has 0 bridgehead atoms. The first kappa shape index (κ1) is 17.7. The van der Waals surface area contributed by atoms with E-state index in [1.54, 1.807) is 20.2 Å². The van der Waals surface area contributed by atoms with Crippen LogP contribution >= 0.6 is 0 Å². The molecule has 0 atom stereocenters. The molecule has 2 aromatic carbocycles. The summed E-state index contributed by atoms with van der Waals surface area (Å²) in [6.45, 7) is 4.18. The number of anilines is 2. The van der Waals surface area contributed by atoms with E-state index in [0.29, 0.717) is 23.6 Å². The van der Waals surface area contributed by atoms with Crippen LogP contribution in [-0.2, 0) is 11.2 Å². The normalized spacial score (nSPS) is 10.6. The summed E-state index contributed by atoms with van der Waals surface area (Å²) in [4.78, 5) is 17.0. The quantitative estimate of drug-likeness (QED) is 0.652. The lowest BCUT2D eigenvalue weighted by molar-refractivity contribution is 0.0527. The van der Waals surface area contributed by atoms with Gasteiger partial charge in [-0.25, -0.2) is 4.79 Å². The van der Waals surface area contributed by atoms with Crippen LogP contribution in [-0.4, -0.2) is 24.7 Å². The number of methoxy groups -OCH3 is 1. The SMILES string of the molecule is CCOC(=O)c1cnc2c(CC)cccc2c1Nc1ccccc1OC. The van der Waals surface area contributed by atoms with Crippen LogP contribution in [0.5, 0.6) is 5.75 Å². The van der Waals surface area contributed by atoms with E-state index in [9.17, 15) is 4.79 Å². The summed E-state index contributed by atoms with van der Waals surface area (Å²) in [7, 11) is 1.62. The molecule has 1 N–H and O–H groups in total. The number of esters is 1. The Bertz CT molecular complexity index is 938. The van der Waals surface area contributed by atoms with Gasteiger partial charge in [-0.05, 0) is 31.0 Å². The van der Waals surface area contributed by atoms with Gasteiger partial charge in [0, 0.05) is 11.6 Å². The molecule has 26 heavy (non-hydrogen) atoms. The molecule has 3 aromatic rings. The third-order valence-corrected chi connectivity index (χ3v) is 4.22. The molecule has 0 amide bonds. The maximum Gasteiger partial charge on any atom is 0.341 e. The van der Waals surface area contributed by atoms with Crippen molar-refractivity contribution in [2.75, 3.05) is 19.0 Å². The highest BCUT2D eigenvalue weighted by atomic mass is 16.5. The van der Waals surface area contributed by atoms with Gasteiger partial charge >= 0.3 is 5.97 Å². The van der Waals surface area contributed by atoms with Crippen LogP contribution in [0.2, 0.25) is 0 Å². The Kier molecular flexibility index (Phi) is 5.37. The third kappa shape index (κ3) is 3.33. The predicted molar refractivity (Wildman–Crippen MR) is 103 cm³/mol. The monoisotopic (exact) mass is 350 g/mol. The molecule has 1 heterocycles. The van der Waals surface area contributed by atoms with Crippen LogP contribution in [0.4, 0.5) is 11.4 Å². The highest BCUT2D eigenvalue weighted by molar-refractivity contribution is 6.06. The number of pyridine rings is 1. The second-order valence-corrected chi connectivity index (χ2v) is 5.76. The van der Waals surface area contributed by atoms with Crippen LogP contribution in [0, 0.1) is 0 Å². The summed E-state index contributed by atoms with van der Waals surface area (Å²) in [5.41, 5.74) is 3.85. The lowest BCUT2D eigenvalue weighted by atomic mass is 10.0. The van der Waals surface area contributed by atoms with Crippen LogP contribution in [0.25, 0.3) is 10.9 Å². The van der Waals surface area contributed by atoms with Gasteiger partial charge in [0.05, 0.1) is 30.6 Å². The van der Waals surface area contributed by atoms with Crippen LogP contribution < -0.4 is 10.1 Å². The largest absolute Gasteiger partial charge is 0.495 e. The second-order valence-electron chi connectivity index (χ2n) is 5.76. The van der Waals surface area contributed by atoms with E-state index in [4.69, 9.17) is 9.47 Å². The minimum Gasteiger partial charge on any atom is -0.495 e. The third-order valence-electron chi connectivity index (χ3n) is 4.22. The number of hydrogen-bond acceptors (Lipinski definition) is 5. The molecule has 0 saturated heterocycles. The zero-order valence-corrected chi connectivity index (χ0v) is 15.2. The highest BCUT2D eigenvalue weighted by Crippen LogP contribution is 2.34. The van der Waals surface area contributed by atoms with Crippen molar-refractivity contribution in [2.24, 2.45) is 0 Å². The Morgan fingerprint density at radius 1 is 1.12 bits per heavy atom.